The molecule has 0 aromatic carbocycles. The molecule has 2 rings (SSSR count). The van der Waals surface area contributed by atoms with E-state index in [2.05, 4.69) is 0 Å². The molecule has 1 saturated heterocycles. The number of sulfonamides is 1. The second kappa shape index (κ2) is 4.70. The molecule has 0 amide bonds. The molecule has 1 aliphatic heterocycles. The van der Waals surface area contributed by atoms with Gasteiger partial charge < -0.3 is 4.74 Å². The lowest BCUT2D eigenvalue weighted by atomic mass is 9.91. The van der Waals surface area contributed by atoms with Crippen molar-refractivity contribution >= 4 is 10.0 Å². The molecule has 0 radical (unpaired) electrons. The van der Waals surface area contributed by atoms with Gasteiger partial charge in [-0.15, -0.1) is 0 Å². The third-order valence-electron chi connectivity index (χ3n) is 3.29. The van der Waals surface area contributed by atoms with Crippen LogP contribution in [0.3, 0.4) is 0 Å². The van der Waals surface area contributed by atoms with Crippen molar-refractivity contribution in [3.63, 3.8) is 0 Å². The molecule has 2 fully saturated rings. The van der Waals surface area contributed by atoms with Crippen molar-refractivity contribution < 1.29 is 13.2 Å². The first-order chi connectivity index (χ1) is 7.65. The Morgan fingerprint density at radius 1 is 1.38 bits per heavy atom. The van der Waals surface area contributed by atoms with Gasteiger partial charge in [0, 0.05) is 6.54 Å². The third kappa shape index (κ3) is 2.21. The van der Waals surface area contributed by atoms with Crippen LogP contribution in [-0.4, -0.2) is 43.8 Å². The van der Waals surface area contributed by atoms with Crippen LogP contribution >= 0.6 is 0 Å². The van der Waals surface area contributed by atoms with Crippen LogP contribution in [-0.2, 0) is 14.8 Å². The van der Waals surface area contributed by atoms with E-state index in [9.17, 15) is 8.42 Å². The molecule has 2 unspecified atom stereocenters. The molecule has 0 N–H and O–H groups in total. The zero-order valence-electron chi connectivity index (χ0n) is 9.13. The highest BCUT2D eigenvalue weighted by atomic mass is 32.2. The molecule has 1 heterocycles. The molecule has 1 aliphatic carbocycles. The summed E-state index contributed by atoms with van der Waals surface area (Å²) in [6, 6.07) is 1.69. The summed E-state index contributed by atoms with van der Waals surface area (Å²) in [5, 5.41) is 8.54. The van der Waals surface area contributed by atoms with Gasteiger partial charge in [-0.2, -0.15) is 9.57 Å². The summed E-state index contributed by atoms with van der Waals surface area (Å²) in [7, 11) is -3.41. The number of hydrogen-bond acceptors (Lipinski definition) is 4. The number of morpholine rings is 1. The highest BCUT2D eigenvalue weighted by Crippen LogP contribution is 2.30. The maximum atomic E-state index is 11.9. The zero-order chi connectivity index (χ0) is 11.6. The van der Waals surface area contributed by atoms with Gasteiger partial charge in [-0.05, 0) is 12.8 Å². The number of hydrogen-bond donors (Lipinski definition) is 0. The lowest BCUT2D eigenvalue weighted by Gasteiger charge is -2.42. The fraction of sp³-hybridized carbons (Fsp3) is 0.900. The molecule has 0 aromatic heterocycles. The Labute approximate surface area is 96.0 Å². The Morgan fingerprint density at radius 2 is 2.12 bits per heavy atom. The number of rotatable bonds is 2. The van der Waals surface area contributed by atoms with Crippen LogP contribution in [0, 0.1) is 11.3 Å². The quantitative estimate of drug-likeness (QED) is 0.708. The first kappa shape index (κ1) is 11.8. The maximum absolute atomic E-state index is 11.9. The normalized spacial score (nSPS) is 31.7. The van der Waals surface area contributed by atoms with E-state index in [-0.39, 0.29) is 12.1 Å². The summed E-state index contributed by atoms with van der Waals surface area (Å²) >= 11 is 0. The average Bonchev–Trinajstić information content (AvgIpc) is 2.28. The van der Waals surface area contributed by atoms with Gasteiger partial charge in [-0.3, -0.25) is 0 Å². The molecule has 2 atom stereocenters. The van der Waals surface area contributed by atoms with Crippen molar-refractivity contribution in [3.8, 4) is 6.07 Å². The van der Waals surface area contributed by atoms with Crippen LogP contribution in [0.4, 0.5) is 0 Å². The predicted octanol–water partition coefficient (Wildman–Crippen LogP) is 0.483. The predicted molar refractivity (Wildman–Crippen MR) is 58.1 cm³/mol. The number of nitriles is 1. The van der Waals surface area contributed by atoms with E-state index in [4.69, 9.17) is 10.00 Å². The Hall–Kier alpha value is -0.640. The topological polar surface area (TPSA) is 70.4 Å². The van der Waals surface area contributed by atoms with E-state index >= 15 is 0 Å². The van der Waals surface area contributed by atoms with Gasteiger partial charge in [0.25, 0.3) is 0 Å². The van der Waals surface area contributed by atoms with Crippen LogP contribution in [0.2, 0.25) is 0 Å². The van der Waals surface area contributed by atoms with E-state index in [0.29, 0.717) is 13.2 Å². The van der Waals surface area contributed by atoms with Gasteiger partial charge in [0.2, 0.25) is 10.0 Å². The minimum atomic E-state index is -3.41. The zero-order valence-corrected chi connectivity index (χ0v) is 9.95. The minimum Gasteiger partial charge on any atom is -0.375 e. The highest BCUT2D eigenvalue weighted by Gasteiger charge is 2.39. The molecule has 2 aliphatic rings. The van der Waals surface area contributed by atoms with E-state index < -0.39 is 15.8 Å². The van der Waals surface area contributed by atoms with Gasteiger partial charge in [-0.25, -0.2) is 8.42 Å². The summed E-state index contributed by atoms with van der Waals surface area (Å²) in [5.41, 5.74) is 0. The second-order valence-corrected chi connectivity index (χ2v) is 6.21. The fourth-order valence-corrected chi connectivity index (χ4v) is 3.91. The Bertz CT molecular complexity index is 385. The van der Waals surface area contributed by atoms with E-state index in [1.807, 2.05) is 0 Å². The molecular formula is C10H16N2O3S. The van der Waals surface area contributed by atoms with E-state index in [1.165, 1.54) is 4.31 Å². The molecular weight excluding hydrogens is 228 g/mol. The molecule has 1 saturated carbocycles. The second-order valence-electron chi connectivity index (χ2n) is 4.29. The number of nitrogens with zero attached hydrogens (tertiary/aromatic N) is 2. The number of fused-ring (bicyclic) bond motifs is 1. The first-order valence-electron chi connectivity index (χ1n) is 5.63. The molecule has 6 heteroatoms. The van der Waals surface area contributed by atoms with Crippen molar-refractivity contribution in [3.05, 3.63) is 0 Å². The summed E-state index contributed by atoms with van der Waals surface area (Å²) < 4.78 is 30.9. The van der Waals surface area contributed by atoms with Gasteiger partial charge in [-0.1, -0.05) is 12.8 Å². The van der Waals surface area contributed by atoms with Crippen molar-refractivity contribution in [2.45, 2.75) is 37.8 Å². The molecule has 5 nitrogen and oxygen atoms in total. The van der Waals surface area contributed by atoms with Crippen LogP contribution in [0.15, 0.2) is 0 Å². The van der Waals surface area contributed by atoms with Crippen LogP contribution in [0.25, 0.3) is 0 Å². The molecule has 0 aromatic rings. The van der Waals surface area contributed by atoms with Crippen molar-refractivity contribution in [1.29, 1.82) is 5.26 Å². The summed E-state index contributed by atoms with van der Waals surface area (Å²) in [4.78, 5) is 0. The van der Waals surface area contributed by atoms with Gasteiger partial charge >= 0.3 is 0 Å². The Morgan fingerprint density at radius 3 is 2.88 bits per heavy atom. The molecule has 16 heavy (non-hydrogen) atoms. The molecule has 0 bridgehead atoms. The fourth-order valence-electron chi connectivity index (χ4n) is 2.57. The summed E-state index contributed by atoms with van der Waals surface area (Å²) in [6.07, 6.45) is 3.98. The SMILES string of the molecule is N#CCS(=O)(=O)N1CCOC2CCCCC21. The lowest BCUT2D eigenvalue weighted by Crippen LogP contribution is -2.55. The van der Waals surface area contributed by atoms with Crippen LogP contribution in [0.1, 0.15) is 25.7 Å². The average molecular weight is 244 g/mol. The first-order valence-corrected chi connectivity index (χ1v) is 7.24. The highest BCUT2D eigenvalue weighted by molar-refractivity contribution is 7.89. The van der Waals surface area contributed by atoms with Gasteiger partial charge in [0.1, 0.15) is 0 Å². The lowest BCUT2D eigenvalue weighted by molar-refractivity contribution is -0.0585. The Balaban J connectivity index is 2.17. The van der Waals surface area contributed by atoms with E-state index in [1.54, 1.807) is 6.07 Å². The largest absolute Gasteiger partial charge is 0.375 e. The number of ether oxygens (including phenoxy) is 1. The van der Waals surface area contributed by atoms with Gasteiger partial charge in [0.15, 0.2) is 5.75 Å². The Kier molecular flexibility index (Phi) is 3.47. The third-order valence-corrected chi connectivity index (χ3v) is 4.95. The molecule has 0 spiro atoms. The van der Waals surface area contributed by atoms with Crippen LogP contribution in [0.5, 0.6) is 0 Å². The molecule has 90 valence electrons. The summed E-state index contributed by atoms with van der Waals surface area (Å²) in [5.74, 6) is -0.420. The van der Waals surface area contributed by atoms with E-state index in [0.717, 1.165) is 25.7 Å². The van der Waals surface area contributed by atoms with Crippen molar-refractivity contribution in [1.82, 2.24) is 4.31 Å². The standard InChI is InChI=1S/C10H16N2O3S/c11-5-8-16(13,14)12-6-7-15-10-4-2-1-3-9(10)12/h9-10H,1-4,6-8H2. The van der Waals surface area contributed by atoms with Crippen LogP contribution < -0.4 is 0 Å². The van der Waals surface area contributed by atoms with Gasteiger partial charge in [0.05, 0.1) is 24.8 Å². The maximum Gasteiger partial charge on any atom is 0.228 e. The summed E-state index contributed by atoms with van der Waals surface area (Å²) in [6.45, 7) is 0.844. The van der Waals surface area contributed by atoms with Crippen molar-refractivity contribution in [2.75, 3.05) is 18.9 Å². The smallest absolute Gasteiger partial charge is 0.228 e. The van der Waals surface area contributed by atoms with Crippen molar-refractivity contribution in [2.24, 2.45) is 0 Å². The minimum absolute atomic E-state index is 0.0379. The monoisotopic (exact) mass is 244 g/mol.